The van der Waals surface area contributed by atoms with Gasteiger partial charge in [0.15, 0.2) is 0 Å². The molecular formula is C17H22BrClO. The minimum atomic E-state index is 0.398. The Bertz CT molecular complexity index is 454. The molecular weight excluding hydrogens is 336 g/mol. The van der Waals surface area contributed by atoms with E-state index in [-0.39, 0.29) is 0 Å². The molecule has 2 unspecified atom stereocenters. The van der Waals surface area contributed by atoms with E-state index in [1.807, 2.05) is 18.2 Å². The molecule has 0 amide bonds. The van der Waals surface area contributed by atoms with E-state index in [1.165, 1.54) is 44.1 Å². The van der Waals surface area contributed by atoms with Crippen molar-refractivity contribution in [1.82, 2.24) is 0 Å². The monoisotopic (exact) mass is 356 g/mol. The van der Waals surface area contributed by atoms with Crippen molar-refractivity contribution in [3.8, 4) is 0 Å². The highest BCUT2D eigenvalue weighted by atomic mass is 79.9. The highest BCUT2D eigenvalue weighted by Gasteiger charge is 2.53. The molecule has 0 saturated heterocycles. The lowest BCUT2D eigenvalue weighted by atomic mass is 9.61. The molecule has 1 aromatic carbocycles. The van der Waals surface area contributed by atoms with E-state index >= 15 is 0 Å². The predicted octanol–water partition coefficient (Wildman–Crippen LogP) is 5.73. The average Bonchev–Trinajstić information content (AvgIpc) is 2.71. The van der Waals surface area contributed by atoms with Gasteiger partial charge in [-0.2, -0.15) is 0 Å². The molecule has 2 saturated carbocycles. The Hall–Kier alpha value is -0.0500. The Morgan fingerprint density at radius 2 is 1.95 bits per heavy atom. The van der Waals surface area contributed by atoms with Crippen LogP contribution in [0.5, 0.6) is 0 Å². The van der Waals surface area contributed by atoms with Crippen LogP contribution in [-0.2, 0) is 11.3 Å². The Labute approximate surface area is 135 Å². The van der Waals surface area contributed by atoms with Crippen molar-refractivity contribution in [1.29, 1.82) is 0 Å². The second kappa shape index (κ2) is 6.37. The van der Waals surface area contributed by atoms with E-state index in [1.54, 1.807) is 0 Å². The first-order valence-electron chi connectivity index (χ1n) is 7.71. The lowest BCUT2D eigenvalue weighted by molar-refractivity contribution is -0.118. The maximum atomic E-state index is 6.25. The molecule has 0 heterocycles. The van der Waals surface area contributed by atoms with Gasteiger partial charge in [-0.3, -0.25) is 0 Å². The van der Waals surface area contributed by atoms with E-state index in [4.69, 9.17) is 16.3 Å². The number of benzene rings is 1. The summed E-state index contributed by atoms with van der Waals surface area (Å²) in [7, 11) is 0. The molecule has 1 spiro atoms. The summed E-state index contributed by atoms with van der Waals surface area (Å²) in [5.74, 6) is 0. The molecule has 0 aromatic heterocycles. The Morgan fingerprint density at radius 1 is 1.20 bits per heavy atom. The first kappa shape index (κ1) is 14.9. The molecule has 20 heavy (non-hydrogen) atoms. The molecule has 2 aliphatic carbocycles. The lowest BCUT2D eigenvalue weighted by Crippen LogP contribution is -2.55. The van der Waals surface area contributed by atoms with Crippen molar-refractivity contribution in [2.45, 2.75) is 62.5 Å². The zero-order chi connectivity index (χ0) is 14.0. The van der Waals surface area contributed by atoms with Gasteiger partial charge in [0.05, 0.1) is 12.7 Å². The van der Waals surface area contributed by atoms with Gasteiger partial charge in [-0.05, 0) is 37.0 Å². The van der Waals surface area contributed by atoms with Crippen LogP contribution in [0.4, 0.5) is 0 Å². The Balaban J connectivity index is 1.62. The summed E-state index contributed by atoms with van der Waals surface area (Å²) in [5, 5.41) is 0.794. The van der Waals surface area contributed by atoms with Gasteiger partial charge in [0.2, 0.25) is 0 Å². The summed E-state index contributed by atoms with van der Waals surface area (Å²) in [6.45, 7) is 0.687. The maximum absolute atomic E-state index is 6.25. The molecule has 0 bridgehead atoms. The molecule has 0 radical (unpaired) electrons. The third-order valence-electron chi connectivity index (χ3n) is 5.06. The quantitative estimate of drug-likeness (QED) is 0.627. The fourth-order valence-corrected chi connectivity index (χ4v) is 5.08. The van der Waals surface area contributed by atoms with Crippen LogP contribution in [0.1, 0.15) is 50.5 Å². The van der Waals surface area contributed by atoms with Gasteiger partial charge < -0.3 is 4.74 Å². The molecule has 1 nitrogen and oxygen atoms in total. The smallest absolute Gasteiger partial charge is 0.0721 e. The second-order valence-electron chi connectivity index (χ2n) is 6.28. The molecule has 1 aromatic rings. The highest BCUT2D eigenvalue weighted by molar-refractivity contribution is 9.09. The van der Waals surface area contributed by atoms with Crippen molar-refractivity contribution in [2.24, 2.45) is 5.41 Å². The summed E-state index contributed by atoms with van der Waals surface area (Å²) in [6.07, 6.45) is 9.72. The van der Waals surface area contributed by atoms with E-state index < -0.39 is 0 Å². The van der Waals surface area contributed by atoms with E-state index in [9.17, 15) is 0 Å². The fourth-order valence-electron chi connectivity index (χ4n) is 3.78. The second-order valence-corrected chi connectivity index (χ2v) is 7.82. The third-order valence-corrected chi connectivity index (χ3v) is 6.58. The van der Waals surface area contributed by atoms with Gasteiger partial charge in [-0.1, -0.05) is 65.3 Å². The Kier molecular flexibility index (Phi) is 4.74. The number of alkyl halides is 1. The minimum Gasteiger partial charge on any atom is -0.373 e. The number of ether oxygens (including phenoxy) is 1. The molecule has 110 valence electrons. The van der Waals surface area contributed by atoms with E-state index in [0.717, 1.165) is 11.4 Å². The van der Waals surface area contributed by atoms with Gasteiger partial charge in [0.25, 0.3) is 0 Å². The molecule has 2 atom stereocenters. The van der Waals surface area contributed by atoms with E-state index in [0.29, 0.717) is 23.0 Å². The molecule has 0 N–H and O–H groups in total. The van der Waals surface area contributed by atoms with Crippen LogP contribution in [0.15, 0.2) is 24.3 Å². The summed E-state index contributed by atoms with van der Waals surface area (Å²) in [6, 6.07) is 8.01. The molecule has 0 aliphatic heterocycles. The van der Waals surface area contributed by atoms with Gasteiger partial charge in [0, 0.05) is 15.3 Å². The van der Waals surface area contributed by atoms with Gasteiger partial charge >= 0.3 is 0 Å². The van der Waals surface area contributed by atoms with Crippen LogP contribution in [0.25, 0.3) is 0 Å². The highest BCUT2D eigenvalue weighted by Crippen LogP contribution is 2.55. The number of halogens is 2. The zero-order valence-corrected chi connectivity index (χ0v) is 14.1. The number of hydrogen-bond acceptors (Lipinski definition) is 1. The van der Waals surface area contributed by atoms with Gasteiger partial charge in [-0.15, -0.1) is 0 Å². The van der Waals surface area contributed by atoms with Crippen LogP contribution in [0, 0.1) is 5.41 Å². The van der Waals surface area contributed by atoms with Crippen molar-refractivity contribution < 1.29 is 4.74 Å². The molecule has 3 rings (SSSR count). The third kappa shape index (κ3) is 2.93. The van der Waals surface area contributed by atoms with Crippen LogP contribution in [-0.4, -0.2) is 10.9 Å². The fraction of sp³-hybridized carbons (Fsp3) is 0.647. The van der Waals surface area contributed by atoms with Gasteiger partial charge in [-0.25, -0.2) is 0 Å². The van der Waals surface area contributed by atoms with Crippen LogP contribution in [0.3, 0.4) is 0 Å². The van der Waals surface area contributed by atoms with Crippen molar-refractivity contribution in [3.63, 3.8) is 0 Å². The first-order valence-corrected chi connectivity index (χ1v) is 9.00. The molecule has 2 aliphatic rings. The van der Waals surface area contributed by atoms with E-state index in [2.05, 4.69) is 22.0 Å². The summed E-state index contributed by atoms with van der Waals surface area (Å²) in [5.41, 5.74) is 1.58. The topological polar surface area (TPSA) is 9.23 Å². The summed E-state index contributed by atoms with van der Waals surface area (Å²) >= 11 is 9.92. The SMILES string of the molecule is Clc1cccc(COC2CC(Br)C23CCCCCC3)c1. The zero-order valence-electron chi connectivity index (χ0n) is 11.8. The van der Waals surface area contributed by atoms with Crippen molar-refractivity contribution >= 4 is 27.5 Å². The average molecular weight is 358 g/mol. The van der Waals surface area contributed by atoms with Crippen LogP contribution < -0.4 is 0 Å². The number of hydrogen-bond donors (Lipinski definition) is 0. The summed E-state index contributed by atoms with van der Waals surface area (Å²) < 4.78 is 6.25. The van der Waals surface area contributed by atoms with Crippen molar-refractivity contribution in [3.05, 3.63) is 34.9 Å². The minimum absolute atomic E-state index is 0.398. The lowest BCUT2D eigenvalue weighted by Gasteiger charge is -2.53. The largest absolute Gasteiger partial charge is 0.373 e. The van der Waals surface area contributed by atoms with Crippen LogP contribution in [0.2, 0.25) is 5.02 Å². The maximum Gasteiger partial charge on any atom is 0.0721 e. The molecule has 3 heteroatoms. The molecule has 2 fully saturated rings. The number of rotatable bonds is 3. The normalized spacial score (nSPS) is 28.9. The van der Waals surface area contributed by atoms with Crippen LogP contribution >= 0.6 is 27.5 Å². The summed E-state index contributed by atoms with van der Waals surface area (Å²) in [4.78, 5) is 0.650. The first-order chi connectivity index (χ1) is 9.71. The van der Waals surface area contributed by atoms with Crippen molar-refractivity contribution in [2.75, 3.05) is 0 Å². The predicted molar refractivity (Wildman–Crippen MR) is 87.5 cm³/mol. The Morgan fingerprint density at radius 3 is 2.60 bits per heavy atom. The standard InChI is InChI=1S/C17H22BrClO/c18-15-11-16(17(15)8-3-1-2-4-9-17)20-12-13-6-5-7-14(19)10-13/h5-7,10,15-16H,1-4,8-9,11-12H2. The van der Waals surface area contributed by atoms with Gasteiger partial charge in [0.1, 0.15) is 0 Å².